The SMILES string of the molecule is CNC(=O)C1CC(N)(Nc2ccc(F)c(Cl)c2)CCN1C(=O)NC. The van der Waals surface area contributed by atoms with Gasteiger partial charge in [-0.1, -0.05) is 11.6 Å². The standard InChI is InChI=1S/C15H21ClFN5O2/c1-19-13(23)12-8-15(18,5-6-22(12)14(24)20-2)21-9-3-4-11(17)10(16)7-9/h3-4,7,12,21H,5-6,8,18H2,1-2H3,(H,19,23)(H,20,24). The average molecular weight is 358 g/mol. The molecular weight excluding hydrogens is 337 g/mol. The number of hydrogen-bond acceptors (Lipinski definition) is 4. The van der Waals surface area contributed by atoms with E-state index in [2.05, 4.69) is 16.0 Å². The van der Waals surface area contributed by atoms with Gasteiger partial charge in [-0.25, -0.2) is 9.18 Å². The van der Waals surface area contributed by atoms with Crippen molar-refractivity contribution in [1.82, 2.24) is 15.5 Å². The molecule has 1 fully saturated rings. The molecule has 1 aliphatic heterocycles. The Hall–Kier alpha value is -2.06. The Morgan fingerprint density at radius 1 is 1.38 bits per heavy atom. The Bertz CT molecular complexity index is 644. The van der Waals surface area contributed by atoms with Crippen molar-refractivity contribution >= 4 is 29.2 Å². The summed E-state index contributed by atoms with van der Waals surface area (Å²) < 4.78 is 13.3. The van der Waals surface area contributed by atoms with E-state index in [-0.39, 0.29) is 23.4 Å². The van der Waals surface area contributed by atoms with Gasteiger partial charge in [0.1, 0.15) is 11.9 Å². The van der Waals surface area contributed by atoms with E-state index in [1.165, 1.54) is 37.2 Å². The molecule has 0 saturated carbocycles. The van der Waals surface area contributed by atoms with Crippen molar-refractivity contribution < 1.29 is 14.0 Å². The molecule has 2 atom stereocenters. The summed E-state index contributed by atoms with van der Waals surface area (Å²) in [5.41, 5.74) is 6.00. The summed E-state index contributed by atoms with van der Waals surface area (Å²) >= 11 is 5.78. The van der Waals surface area contributed by atoms with Crippen molar-refractivity contribution in [3.63, 3.8) is 0 Å². The molecule has 0 bridgehead atoms. The van der Waals surface area contributed by atoms with Crippen LogP contribution in [-0.4, -0.2) is 49.2 Å². The quantitative estimate of drug-likeness (QED) is 0.609. The highest BCUT2D eigenvalue weighted by atomic mass is 35.5. The van der Waals surface area contributed by atoms with Gasteiger partial charge in [0, 0.05) is 39.2 Å². The lowest BCUT2D eigenvalue weighted by molar-refractivity contribution is -0.126. The topological polar surface area (TPSA) is 99.5 Å². The van der Waals surface area contributed by atoms with Crippen molar-refractivity contribution in [2.45, 2.75) is 24.5 Å². The number of likely N-dealkylation sites (tertiary alicyclic amines) is 1. The zero-order valence-corrected chi connectivity index (χ0v) is 14.3. The van der Waals surface area contributed by atoms with Crippen molar-refractivity contribution in [3.8, 4) is 0 Å². The summed E-state index contributed by atoms with van der Waals surface area (Å²) in [6, 6.07) is 3.15. The van der Waals surface area contributed by atoms with E-state index in [1.807, 2.05) is 0 Å². The van der Waals surface area contributed by atoms with Crippen LogP contribution in [0.4, 0.5) is 14.9 Å². The molecule has 132 valence electrons. The number of piperidine rings is 1. The molecule has 9 heteroatoms. The summed E-state index contributed by atoms with van der Waals surface area (Å²) in [6.07, 6.45) is 0.623. The van der Waals surface area contributed by atoms with Gasteiger partial charge in [0.05, 0.1) is 10.7 Å². The van der Waals surface area contributed by atoms with Gasteiger partial charge in [0.15, 0.2) is 0 Å². The largest absolute Gasteiger partial charge is 0.367 e. The van der Waals surface area contributed by atoms with E-state index in [4.69, 9.17) is 17.3 Å². The van der Waals surface area contributed by atoms with Gasteiger partial charge in [-0.05, 0) is 18.2 Å². The second-order valence-electron chi connectivity index (χ2n) is 5.74. The molecule has 2 unspecified atom stereocenters. The molecule has 1 aliphatic rings. The molecule has 1 aromatic rings. The molecule has 0 spiro atoms. The van der Waals surface area contributed by atoms with Gasteiger partial charge < -0.3 is 26.6 Å². The number of halogens is 2. The Balaban J connectivity index is 2.20. The van der Waals surface area contributed by atoms with Gasteiger partial charge in [-0.15, -0.1) is 0 Å². The molecule has 1 aromatic carbocycles. The molecule has 0 aromatic heterocycles. The normalized spacial score (nSPS) is 23.5. The predicted octanol–water partition coefficient (Wildman–Crippen LogP) is 1.10. The van der Waals surface area contributed by atoms with Crippen LogP contribution in [0.25, 0.3) is 0 Å². The number of rotatable bonds is 3. The Morgan fingerprint density at radius 2 is 2.08 bits per heavy atom. The van der Waals surface area contributed by atoms with E-state index >= 15 is 0 Å². The zero-order valence-electron chi connectivity index (χ0n) is 13.5. The van der Waals surface area contributed by atoms with Crippen molar-refractivity contribution in [1.29, 1.82) is 0 Å². The fraction of sp³-hybridized carbons (Fsp3) is 0.467. The third kappa shape index (κ3) is 3.88. The smallest absolute Gasteiger partial charge is 0.317 e. The Morgan fingerprint density at radius 3 is 2.67 bits per heavy atom. The number of hydrogen-bond donors (Lipinski definition) is 4. The van der Waals surface area contributed by atoms with E-state index in [0.29, 0.717) is 18.7 Å². The van der Waals surface area contributed by atoms with Gasteiger partial charge in [0.2, 0.25) is 5.91 Å². The van der Waals surface area contributed by atoms with Gasteiger partial charge >= 0.3 is 6.03 Å². The second kappa shape index (κ2) is 7.23. The first-order valence-corrected chi connectivity index (χ1v) is 7.89. The van der Waals surface area contributed by atoms with Crippen LogP contribution < -0.4 is 21.7 Å². The summed E-state index contributed by atoms with van der Waals surface area (Å²) in [5.74, 6) is -0.821. The summed E-state index contributed by atoms with van der Waals surface area (Å²) in [5, 5.41) is 8.15. The number of anilines is 1. The lowest BCUT2D eigenvalue weighted by Gasteiger charge is -2.44. The Kier molecular flexibility index (Phi) is 5.51. The van der Waals surface area contributed by atoms with E-state index in [9.17, 15) is 14.0 Å². The van der Waals surface area contributed by atoms with E-state index in [1.54, 1.807) is 0 Å². The number of carbonyl (C=O) groups excluding carboxylic acids is 2. The second-order valence-corrected chi connectivity index (χ2v) is 6.15. The fourth-order valence-electron chi connectivity index (χ4n) is 2.80. The molecule has 1 saturated heterocycles. The highest BCUT2D eigenvalue weighted by Crippen LogP contribution is 2.28. The molecule has 3 amide bonds. The lowest BCUT2D eigenvalue weighted by Crippen LogP contribution is -2.64. The minimum Gasteiger partial charge on any atom is -0.367 e. The number of carbonyl (C=O) groups is 2. The molecule has 0 aliphatic carbocycles. The third-order valence-corrected chi connectivity index (χ3v) is 4.36. The maximum Gasteiger partial charge on any atom is 0.317 e. The Labute approximate surface area is 144 Å². The molecular formula is C15H21ClFN5O2. The average Bonchev–Trinajstić information content (AvgIpc) is 2.56. The molecule has 2 rings (SSSR count). The van der Waals surface area contributed by atoms with Gasteiger partial charge in [-0.3, -0.25) is 4.79 Å². The van der Waals surface area contributed by atoms with Crippen LogP contribution in [0.3, 0.4) is 0 Å². The van der Waals surface area contributed by atoms with Crippen molar-refractivity contribution in [2.75, 3.05) is 26.0 Å². The van der Waals surface area contributed by atoms with Crippen LogP contribution >= 0.6 is 11.6 Å². The lowest BCUT2D eigenvalue weighted by atomic mass is 9.90. The van der Waals surface area contributed by atoms with Gasteiger partial charge in [-0.2, -0.15) is 0 Å². The summed E-state index contributed by atoms with van der Waals surface area (Å²) in [7, 11) is 3.01. The minimum absolute atomic E-state index is 0.0192. The first-order chi connectivity index (χ1) is 11.3. The van der Waals surface area contributed by atoms with Crippen LogP contribution in [-0.2, 0) is 4.79 Å². The number of benzene rings is 1. The number of nitrogens with one attached hydrogen (secondary N) is 3. The molecule has 24 heavy (non-hydrogen) atoms. The fourth-order valence-corrected chi connectivity index (χ4v) is 2.98. The van der Waals surface area contributed by atoms with Crippen LogP contribution in [0.1, 0.15) is 12.8 Å². The van der Waals surface area contributed by atoms with Crippen molar-refractivity contribution in [3.05, 3.63) is 29.0 Å². The first kappa shape index (κ1) is 18.3. The van der Waals surface area contributed by atoms with Gasteiger partial charge in [0.25, 0.3) is 0 Å². The van der Waals surface area contributed by atoms with Crippen LogP contribution in [0.2, 0.25) is 5.02 Å². The number of likely N-dealkylation sites (N-methyl/N-ethyl adjacent to an activating group) is 1. The highest BCUT2D eigenvalue weighted by molar-refractivity contribution is 6.31. The molecule has 5 N–H and O–H groups in total. The predicted molar refractivity (Wildman–Crippen MR) is 90.2 cm³/mol. The third-order valence-electron chi connectivity index (χ3n) is 4.07. The number of nitrogens with zero attached hydrogens (tertiary/aromatic N) is 1. The number of nitrogens with two attached hydrogens (primary N) is 1. The van der Waals surface area contributed by atoms with Crippen LogP contribution in [0.15, 0.2) is 18.2 Å². The molecule has 1 heterocycles. The maximum atomic E-state index is 13.3. The monoisotopic (exact) mass is 357 g/mol. The maximum absolute atomic E-state index is 13.3. The van der Waals surface area contributed by atoms with Crippen LogP contribution in [0, 0.1) is 5.82 Å². The zero-order chi connectivity index (χ0) is 17.9. The van der Waals surface area contributed by atoms with E-state index < -0.39 is 17.5 Å². The van der Waals surface area contributed by atoms with Crippen molar-refractivity contribution in [2.24, 2.45) is 5.73 Å². The number of amides is 3. The summed E-state index contributed by atoms with van der Waals surface area (Å²) in [6.45, 7) is 0.302. The molecule has 7 nitrogen and oxygen atoms in total. The van der Waals surface area contributed by atoms with Crippen LogP contribution in [0.5, 0.6) is 0 Å². The minimum atomic E-state index is -0.928. The summed E-state index contributed by atoms with van der Waals surface area (Å²) in [4.78, 5) is 25.6. The van der Waals surface area contributed by atoms with E-state index in [0.717, 1.165) is 0 Å². The molecule has 0 radical (unpaired) electrons. The number of urea groups is 1. The first-order valence-electron chi connectivity index (χ1n) is 7.51. The highest BCUT2D eigenvalue weighted by Gasteiger charge is 2.42.